The first-order valence-electron chi connectivity index (χ1n) is 7.11. The Morgan fingerprint density at radius 1 is 1.05 bits per heavy atom. The van der Waals surface area contributed by atoms with Crippen molar-refractivity contribution < 1.29 is 22.8 Å². The van der Waals surface area contributed by atoms with Crippen LogP contribution in [0.15, 0.2) is 35.4 Å². The topological polar surface area (TPSA) is 34.1 Å². The Bertz CT molecular complexity index is 624. The van der Waals surface area contributed by atoms with E-state index < -0.39 is 11.7 Å². The van der Waals surface area contributed by atoms with E-state index in [2.05, 4.69) is 0 Å². The zero-order valence-corrected chi connectivity index (χ0v) is 12.5. The van der Waals surface area contributed by atoms with Gasteiger partial charge in [0.2, 0.25) is 0 Å². The first-order valence-corrected chi connectivity index (χ1v) is 7.11. The van der Waals surface area contributed by atoms with Gasteiger partial charge >= 0.3 is 6.18 Å². The van der Waals surface area contributed by atoms with E-state index in [9.17, 15) is 22.8 Å². The highest BCUT2D eigenvalue weighted by Gasteiger charge is 2.31. The van der Waals surface area contributed by atoms with Crippen LogP contribution in [0.2, 0.25) is 0 Å². The summed E-state index contributed by atoms with van der Waals surface area (Å²) in [5.74, 6) is -0.456. The summed E-state index contributed by atoms with van der Waals surface area (Å²) in [6.45, 7) is 3.29. The summed E-state index contributed by atoms with van der Waals surface area (Å²) in [6, 6.07) is 4.84. The zero-order chi connectivity index (χ0) is 16.5. The molecule has 1 aliphatic carbocycles. The molecule has 5 heteroatoms. The molecule has 1 aliphatic rings. The first kappa shape index (κ1) is 16.5. The van der Waals surface area contributed by atoms with Crippen LogP contribution in [0.1, 0.15) is 37.8 Å². The number of benzene rings is 1. The standard InChI is InChI=1S/C17H17F3O2/c1-10-11(2)16(22)13(5-8-15(10)21)9-12-3-6-14(7-4-12)17(18,19)20/h3-4,6-7,13H,5,8-9H2,1-2H3. The maximum atomic E-state index is 12.5. The minimum Gasteiger partial charge on any atom is -0.295 e. The number of Topliss-reactive ketones (excluding diaryl/α,β-unsaturated/α-hetero) is 2. The molecule has 1 atom stereocenters. The third kappa shape index (κ3) is 3.46. The molecular formula is C17H17F3O2. The molecule has 0 spiro atoms. The molecule has 1 unspecified atom stereocenters. The second-order valence-electron chi connectivity index (χ2n) is 5.67. The van der Waals surface area contributed by atoms with E-state index in [-0.39, 0.29) is 17.5 Å². The summed E-state index contributed by atoms with van der Waals surface area (Å²) in [4.78, 5) is 24.1. The molecule has 0 fully saturated rings. The van der Waals surface area contributed by atoms with Crippen molar-refractivity contribution in [3.8, 4) is 0 Å². The highest BCUT2D eigenvalue weighted by Crippen LogP contribution is 2.30. The van der Waals surface area contributed by atoms with Crippen LogP contribution in [0.4, 0.5) is 13.2 Å². The van der Waals surface area contributed by atoms with E-state index in [0.717, 1.165) is 12.1 Å². The van der Waals surface area contributed by atoms with Crippen LogP contribution < -0.4 is 0 Å². The molecular weight excluding hydrogens is 293 g/mol. The molecule has 0 bridgehead atoms. The van der Waals surface area contributed by atoms with Crippen molar-refractivity contribution in [1.29, 1.82) is 0 Å². The van der Waals surface area contributed by atoms with E-state index in [1.54, 1.807) is 13.8 Å². The lowest BCUT2D eigenvalue weighted by atomic mass is 9.89. The number of allylic oxidation sites excluding steroid dienone is 2. The van der Waals surface area contributed by atoms with Crippen LogP contribution in [0, 0.1) is 5.92 Å². The SMILES string of the molecule is CC1=C(C)C(=O)C(Cc2ccc(C(F)(F)F)cc2)CCC1=O. The van der Waals surface area contributed by atoms with Crippen LogP contribution in [0.25, 0.3) is 0 Å². The van der Waals surface area contributed by atoms with Gasteiger partial charge in [-0.15, -0.1) is 0 Å². The minimum absolute atomic E-state index is 0.0271. The predicted molar refractivity (Wildman–Crippen MR) is 76.3 cm³/mol. The van der Waals surface area contributed by atoms with Gasteiger partial charge in [0, 0.05) is 12.3 Å². The molecule has 0 saturated carbocycles. The number of halogens is 3. The summed E-state index contributed by atoms with van der Waals surface area (Å²) in [7, 11) is 0. The largest absolute Gasteiger partial charge is 0.416 e. The van der Waals surface area contributed by atoms with Crippen molar-refractivity contribution >= 4 is 11.6 Å². The number of rotatable bonds is 2. The Morgan fingerprint density at radius 2 is 1.64 bits per heavy atom. The molecule has 0 N–H and O–H groups in total. The Morgan fingerprint density at radius 3 is 2.18 bits per heavy atom. The molecule has 0 heterocycles. The third-order valence-electron chi connectivity index (χ3n) is 4.20. The van der Waals surface area contributed by atoms with Gasteiger partial charge in [-0.25, -0.2) is 0 Å². The van der Waals surface area contributed by atoms with Gasteiger partial charge in [-0.1, -0.05) is 12.1 Å². The van der Waals surface area contributed by atoms with Crippen molar-refractivity contribution in [1.82, 2.24) is 0 Å². The van der Waals surface area contributed by atoms with Crippen molar-refractivity contribution in [2.75, 3.05) is 0 Å². The lowest BCUT2D eigenvalue weighted by Gasteiger charge is -2.14. The van der Waals surface area contributed by atoms with Gasteiger partial charge in [0.1, 0.15) is 0 Å². The van der Waals surface area contributed by atoms with Crippen LogP contribution in [-0.2, 0) is 22.2 Å². The molecule has 0 aromatic heterocycles. The van der Waals surface area contributed by atoms with Crippen LogP contribution >= 0.6 is 0 Å². The smallest absolute Gasteiger partial charge is 0.295 e. The number of hydrogen-bond donors (Lipinski definition) is 0. The maximum absolute atomic E-state index is 12.5. The van der Waals surface area contributed by atoms with Gasteiger partial charge in [0.25, 0.3) is 0 Å². The van der Waals surface area contributed by atoms with Crippen LogP contribution in [0.3, 0.4) is 0 Å². The average molecular weight is 310 g/mol. The second-order valence-corrected chi connectivity index (χ2v) is 5.67. The number of ketones is 2. The van der Waals surface area contributed by atoms with Crippen molar-refractivity contribution in [3.63, 3.8) is 0 Å². The van der Waals surface area contributed by atoms with E-state index in [1.165, 1.54) is 12.1 Å². The predicted octanol–water partition coefficient (Wildman–Crippen LogP) is 4.13. The Balaban J connectivity index is 2.17. The van der Waals surface area contributed by atoms with Gasteiger partial charge in [0.15, 0.2) is 11.6 Å². The summed E-state index contributed by atoms with van der Waals surface area (Å²) in [5.41, 5.74) is 0.941. The highest BCUT2D eigenvalue weighted by atomic mass is 19.4. The summed E-state index contributed by atoms with van der Waals surface area (Å²) < 4.78 is 37.6. The van der Waals surface area contributed by atoms with Crippen molar-refractivity contribution in [3.05, 3.63) is 46.5 Å². The number of carbonyl (C=O) groups excluding carboxylic acids is 2. The normalized spacial score (nSPS) is 20.3. The summed E-state index contributed by atoms with van der Waals surface area (Å²) >= 11 is 0. The molecule has 118 valence electrons. The summed E-state index contributed by atoms with van der Waals surface area (Å²) in [5, 5.41) is 0. The van der Waals surface area contributed by atoms with Gasteiger partial charge < -0.3 is 0 Å². The highest BCUT2D eigenvalue weighted by molar-refractivity contribution is 6.08. The number of hydrogen-bond acceptors (Lipinski definition) is 2. The Kier molecular flexibility index (Phi) is 4.54. The molecule has 1 aromatic carbocycles. The van der Waals surface area contributed by atoms with E-state index in [1.807, 2.05) is 0 Å². The average Bonchev–Trinajstić information content (AvgIpc) is 2.55. The second kappa shape index (κ2) is 6.07. The number of alkyl halides is 3. The summed E-state index contributed by atoms with van der Waals surface area (Å²) in [6.07, 6.45) is -3.26. The van der Waals surface area contributed by atoms with Gasteiger partial charge in [0.05, 0.1) is 5.56 Å². The third-order valence-corrected chi connectivity index (χ3v) is 4.20. The Hall–Kier alpha value is -1.91. The fourth-order valence-corrected chi connectivity index (χ4v) is 2.63. The Labute approximate surface area is 127 Å². The molecule has 0 saturated heterocycles. The fraction of sp³-hybridized carbons (Fsp3) is 0.412. The molecule has 1 aromatic rings. The van der Waals surface area contributed by atoms with Gasteiger partial charge in [-0.2, -0.15) is 13.2 Å². The van der Waals surface area contributed by atoms with E-state index in [0.29, 0.717) is 36.0 Å². The lowest BCUT2D eigenvalue weighted by molar-refractivity contribution is -0.137. The van der Waals surface area contributed by atoms with Gasteiger partial charge in [-0.05, 0) is 55.5 Å². The quantitative estimate of drug-likeness (QED) is 0.823. The minimum atomic E-state index is -4.36. The van der Waals surface area contributed by atoms with E-state index >= 15 is 0 Å². The molecule has 0 radical (unpaired) electrons. The maximum Gasteiger partial charge on any atom is 0.416 e. The van der Waals surface area contributed by atoms with Gasteiger partial charge in [-0.3, -0.25) is 9.59 Å². The van der Waals surface area contributed by atoms with E-state index in [4.69, 9.17) is 0 Å². The first-order chi connectivity index (χ1) is 10.2. The monoisotopic (exact) mass is 310 g/mol. The van der Waals surface area contributed by atoms with Crippen molar-refractivity contribution in [2.24, 2.45) is 5.92 Å². The van der Waals surface area contributed by atoms with Crippen LogP contribution in [0.5, 0.6) is 0 Å². The van der Waals surface area contributed by atoms with Crippen molar-refractivity contribution in [2.45, 2.75) is 39.3 Å². The lowest BCUT2D eigenvalue weighted by Crippen LogP contribution is -2.17. The molecule has 22 heavy (non-hydrogen) atoms. The molecule has 2 nitrogen and oxygen atoms in total. The molecule has 2 rings (SSSR count). The molecule has 0 amide bonds. The van der Waals surface area contributed by atoms with Crippen LogP contribution in [-0.4, -0.2) is 11.6 Å². The fourth-order valence-electron chi connectivity index (χ4n) is 2.63. The molecule has 0 aliphatic heterocycles. The zero-order valence-electron chi connectivity index (χ0n) is 12.5. The number of carbonyl (C=O) groups is 2.